The van der Waals surface area contributed by atoms with Crippen LogP contribution in [0.3, 0.4) is 0 Å². The van der Waals surface area contributed by atoms with E-state index < -0.39 is 0 Å². The molecule has 2 atom stereocenters. The number of thiophene rings is 1. The first-order valence-electron chi connectivity index (χ1n) is 9.67. The topological polar surface area (TPSA) is 36.3 Å². The second kappa shape index (κ2) is 9.75. The van der Waals surface area contributed by atoms with Gasteiger partial charge in [0.05, 0.1) is 18.2 Å². The maximum atomic E-state index is 9.07. The maximum Gasteiger partial charge on any atom is 0.120 e. The summed E-state index contributed by atoms with van der Waals surface area (Å²) in [5, 5.41) is 13.5. The zero-order valence-electron chi connectivity index (χ0n) is 15.6. The number of ether oxygens (including phenoxy) is 1. The Morgan fingerprint density at radius 3 is 3.00 bits per heavy atom. The van der Waals surface area contributed by atoms with Crippen molar-refractivity contribution in [3.05, 3.63) is 52.2 Å². The molecule has 0 saturated carbocycles. The van der Waals surface area contributed by atoms with Crippen LogP contribution in [0, 0.1) is 17.2 Å². The highest BCUT2D eigenvalue weighted by molar-refractivity contribution is 7.07. The van der Waals surface area contributed by atoms with Crippen LogP contribution in [0.2, 0.25) is 0 Å². The molecule has 0 N–H and O–H groups in total. The molecule has 138 valence electrons. The van der Waals surface area contributed by atoms with Gasteiger partial charge in [0.15, 0.2) is 0 Å². The number of likely N-dealkylation sites (tertiary alicyclic amines) is 1. The van der Waals surface area contributed by atoms with Crippen LogP contribution in [0.15, 0.2) is 41.1 Å². The molecule has 1 saturated heterocycles. The molecule has 3 nitrogen and oxygen atoms in total. The van der Waals surface area contributed by atoms with E-state index in [1.807, 2.05) is 24.3 Å². The average molecular weight is 369 g/mol. The molecule has 0 amide bonds. The molecule has 0 spiro atoms. The minimum atomic E-state index is 0.491. The summed E-state index contributed by atoms with van der Waals surface area (Å²) < 4.78 is 6.12. The Morgan fingerprint density at radius 1 is 1.31 bits per heavy atom. The van der Waals surface area contributed by atoms with Crippen LogP contribution in [0.5, 0.6) is 5.75 Å². The summed E-state index contributed by atoms with van der Waals surface area (Å²) >= 11 is 1.78. The van der Waals surface area contributed by atoms with Crippen molar-refractivity contribution >= 4 is 11.3 Å². The molecule has 26 heavy (non-hydrogen) atoms. The molecule has 3 rings (SSSR count). The molecular weight excluding hydrogens is 340 g/mol. The normalized spacial score (nSPS) is 20.6. The molecule has 0 bridgehead atoms. The fourth-order valence-electron chi connectivity index (χ4n) is 3.85. The van der Waals surface area contributed by atoms with E-state index in [0.717, 1.165) is 12.3 Å². The molecule has 1 aromatic carbocycles. The number of benzene rings is 1. The Bertz CT molecular complexity index is 707. The van der Waals surface area contributed by atoms with Gasteiger partial charge in [-0.15, -0.1) is 0 Å². The second-order valence-electron chi connectivity index (χ2n) is 7.17. The van der Waals surface area contributed by atoms with Gasteiger partial charge in [-0.1, -0.05) is 25.8 Å². The first-order chi connectivity index (χ1) is 12.8. The predicted molar refractivity (Wildman–Crippen MR) is 108 cm³/mol. The van der Waals surface area contributed by atoms with Gasteiger partial charge < -0.3 is 9.64 Å². The van der Waals surface area contributed by atoms with Crippen molar-refractivity contribution in [2.45, 2.75) is 38.5 Å². The third kappa shape index (κ3) is 5.09. The summed E-state index contributed by atoms with van der Waals surface area (Å²) in [4.78, 5) is 2.61. The summed E-state index contributed by atoms with van der Waals surface area (Å²) in [5.74, 6) is 1.87. The third-order valence-electron chi connectivity index (χ3n) is 5.29. The number of unbranched alkanes of at least 4 members (excludes halogenated alkanes) is 2. The van der Waals surface area contributed by atoms with E-state index in [1.54, 1.807) is 11.3 Å². The van der Waals surface area contributed by atoms with E-state index in [1.165, 1.54) is 44.3 Å². The molecule has 2 aromatic rings. The Labute approximate surface area is 161 Å². The molecule has 0 unspecified atom stereocenters. The monoisotopic (exact) mass is 368 g/mol. The smallest absolute Gasteiger partial charge is 0.120 e. The van der Waals surface area contributed by atoms with Gasteiger partial charge in [-0.05, 0) is 72.4 Å². The van der Waals surface area contributed by atoms with E-state index >= 15 is 0 Å². The number of piperidine rings is 1. The fraction of sp³-hybridized carbons (Fsp3) is 0.500. The second-order valence-corrected chi connectivity index (χ2v) is 7.95. The Kier molecular flexibility index (Phi) is 7.11. The lowest BCUT2D eigenvalue weighted by atomic mass is 9.82. The lowest BCUT2D eigenvalue weighted by Gasteiger charge is -2.38. The van der Waals surface area contributed by atoms with E-state index in [0.29, 0.717) is 24.0 Å². The van der Waals surface area contributed by atoms with Crippen LogP contribution >= 0.6 is 11.3 Å². The Morgan fingerprint density at radius 2 is 2.23 bits per heavy atom. The number of hydrogen-bond donors (Lipinski definition) is 0. The van der Waals surface area contributed by atoms with Crippen molar-refractivity contribution in [1.82, 2.24) is 4.90 Å². The van der Waals surface area contributed by atoms with Crippen molar-refractivity contribution in [3.8, 4) is 11.8 Å². The van der Waals surface area contributed by atoms with Gasteiger partial charge in [0, 0.05) is 12.5 Å². The summed E-state index contributed by atoms with van der Waals surface area (Å²) in [6.07, 6.45) is 5.08. The molecule has 1 aliphatic rings. The van der Waals surface area contributed by atoms with E-state index in [2.05, 4.69) is 34.7 Å². The summed E-state index contributed by atoms with van der Waals surface area (Å²) in [6.45, 7) is 6.45. The molecule has 1 fully saturated rings. The molecular formula is C22H28N2OS. The van der Waals surface area contributed by atoms with Gasteiger partial charge in [0.1, 0.15) is 5.75 Å². The largest absolute Gasteiger partial charge is 0.493 e. The summed E-state index contributed by atoms with van der Waals surface area (Å²) in [7, 11) is 0. The van der Waals surface area contributed by atoms with Crippen LogP contribution < -0.4 is 4.74 Å². The zero-order chi connectivity index (χ0) is 18.2. The first kappa shape index (κ1) is 18.9. The predicted octanol–water partition coefficient (Wildman–Crippen LogP) is 5.29. The van der Waals surface area contributed by atoms with Crippen LogP contribution in [-0.2, 0) is 0 Å². The standard InChI is InChI=1S/C22H28N2OS/c1-2-3-4-10-24-11-8-22(19-9-12-26-17-19)20(15-24)16-25-21-7-5-6-18(13-21)14-23/h5-7,9,12-13,17,20,22H,2-4,8,10-11,15-16H2,1H3/t20-,22-/m0/s1. The van der Waals surface area contributed by atoms with E-state index in [9.17, 15) is 0 Å². The lowest BCUT2D eigenvalue weighted by Crippen LogP contribution is -2.42. The molecule has 2 heterocycles. The molecule has 1 aromatic heterocycles. The van der Waals surface area contributed by atoms with E-state index in [4.69, 9.17) is 10.00 Å². The number of rotatable bonds is 8. The SMILES string of the molecule is CCCCCN1CC[C@@H](c2ccsc2)[C@H](COc2cccc(C#N)c2)C1. The van der Waals surface area contributed by atoms with Gasteiger partial charge in [-0.3, -0.25) is 0 Å². The van der Waals surface area contributed by atoms with Crippen molar-refractivity contribution < 1.29 is 4.74 Å². The average Bonchev–Trinajstić information content (AvgIpc) is 3.21. The van der Waals surface area contributed by atoms with Crippen LogP contribution in [0.25, 0.3) is 0 Å². The van der Waals surface area contributed by atoms with E-state index in [-0.39, 0.29) is 0 Å². The minimum absolute atomic E-state index is 0.491. The van der Waals surface area contributed by atoms with Crippen LogP contribution in [-0.4, -0.2) is 31.1 Å². The number of nitrogens with zero attached hydrogens (tertiary/aromatic N) is 2. The lowest BCUT2D eigenvalue weighted by molar-refractivity contribution is 0.110. The Balaban J connectivity index is 1.64. The molecule has 4 heteroatoms. The fourth-order valence-corrected chi connectivity index (χ4v) is 4.57. The summed E-state index contributed by atoms with van der Waals surface area (Å²) in [6, 6.07) is 11.9. The quantitative estimate of drug-likeness (QED) is 0.594. The van der Waals surface area contributed by atoms with Gasteiger partial charge in [0.25, 0.3) is 0 Å². The highest BCUT2D eigenvalue weighted by atomic mass is 32.1. The number of nitriles is 1. The Hall–Kier alpha value is -1.83. The highest BCUT2D eigenvalue weighted by Crippen LogP contribution is 2.34. The van der Waals surface area contributed by atoms with Crippen LogP contribution in [0.1, 0.15) is 49.7 Å². The molecule has 0 radical (unpaired) electrons. The van der Waals surface area contributed by atoms with Gasteiger partial charge in [-0.25, -0.2) is 0 Å². The highest BCUT2D eigenvalue weighted by Gasteiger charge is 2.31. The van der Waals surface area contributed by atoms with Crippen molar-refractivity contribution in [3.63, 3.8) is 0 Å². The minimum Gasteiger partial charge on any atom is -0.493 e. The van der Waals surface area contributed by atoms with Crippen molar-refractivity contribution in [2.24, 2.45) is 5.92 Å². The number of hydrogen-bond acceptors (Lipinski definition) is 4. The molecule has 0 aliphatic carbocycles. The summed E-state index contributed by atoms with van der Waals surface area (Å²) in [5.41, 5.74) is 2.12. The first-order valence-corrected chi connectivity index (χ1v) is 10.6. The van der Waals surface area contributed by atoms with Crippen LogP contribution in [0.4, 0.5) is 0 Å². The molecule has 1 aliphatic heterocycles. The van der Waals surface area contributed by atoms with Crippen molar-refractivity contribution in [2.75, 3.05) is 26.2 Å². The van der Waals surface area contributed by atoms with Gasteiger partial charge in [-0.2, -0.15) is 16.6 Å². The van der Waals surface area contributed by atoms with Crippen molar-refractivity contribution in [1.29, 1.82) is 5.26 Å². The van der Waals surface area contributed by atoms with Gasteiger partial charge >= 0.3 is 0 Å². The zero-order valence-corrected chi connectivity index (χ0v) is 16.4. The maximum absolute atomic E-state index is 9.07. The van der Waals surface area contributed by atoms with Gasteiger partial charge in [0.2, 0.25) is 0 Å². The third-order valence-corrected chi connectivity index (χ3v) is 6.00.